The van der Waals surface area contributed by atoms with Crippen LogP contribution < -0.4 is 5.32 Å². The van der Waals surface area contributed by atoms with Crippen molar-refractivity contribution >= 4 is 28.4 Å². The molecule has 1 aromatic heterocycles. The summed E-state index contributed by atoms with van der Waals surface area (Å²) in [5.74, 6) is 0.0622. The summed E-state index contributed by atoms with van der Waals surface area (Å²) in [4.78, 5) is 20.6. The van der Waals surface area contributed by atoms with Crippen LogP contribution in [0.15, 0.2) is 72.8 Å². The third-order valence-corrected chi connectivity index (χ3v) is 4.29. The van der Waals surface area contributed by atoms with E-state index in [1.54, 1.807) is 42.5 Å². The zero-order valence-electron chi connectivity index (χ0n) is 15.0. The monoisotopic (exact) mass is 373 g/mol. The van der Waals surface area contributed by atoms with Crippen LogP contribution in [0.4, 0.5) is 15.9 Å². The molecule has 0 saturated carbocycles. The van der Waals surface area contributed by atoms with E-state index < -0.39 is 5.97 Å². The lowest BCUT2D eigenvalue weighted by atomic mass is 10.1. The van der Waals surface area contributed by atoms with Crippen LogP contribution in [0.2, 0.25) is 0 Å². The number of hydrogen-bond donors (Lipinski definition) is 1. The quantitative estimate of drug-likeness (QED) is 0.512. The van der Waals surface area contributed by atoms with Crippen LogP contribution in [0.3, 0.4) is 0 Å². The highest BCUT2D eigenvalue weighted by molar-refractivity contribution is 5.93. The van der Waals surface area contributed by atoms with Gasteiger partial charge in [-0.2, -0.15) is 0 Å². The number of nitrogens with one attached hydrogen (secondary N) is 1. The molecule has 0 fully saturated rings. The molecule has 4 aromatic rings. The number of ether oxygens (including phenoxy) is 1. The van der Waals surface area contributed by atoms with Gasteiger partial charge >= 0.3 is 5.97 Å². The van der Waals surface area contributed by atoms with Gasteiger partial charge in [0.1, 0.15) is 11.6 Å². The average Bonchev–Trinajstić information content (AvgIpc) is 2.74. The highest BCUT2D eigenvalue weighted by Crippen LogP contribution is 2.28. The fourth-order valence-corrected chi connectivity index (χ4v) is 2.88. The van der Waals surface area contributed by atoms with Crippen molar-refractivity contribution in [3.63, 3.8) is 0 Å². The van der Waals surface area contributed by atoms with Gasteiger partial charge in [-0.3, -0.25) is 0 Å². The summed E-state index contributed by atoms with van der Waals surface area (Å²) in [5.41, 5.74) is 2.21. The number of fused-ring (bicyclic) bond motifs is 1. The van der Waals surface area contributed by atoms with Gasteiger partial charge in [-0.05, 0) is 48.5 Å². The van der Waals surface area contributed by atoms with Gasteiger partial charge in [-0.15, -0.1) is 0 Å². The average molecular weight is 373 g/mol. The number of methoxy groups -OCH3 is 1. The van der Waals surface area contributed by atoms with Gasteiger partial charge in [-0.1, -0.05) is 24.3 Å². The molecule has 28 heavy (non-hydrogen) atoms. The Labute approximate surface area is 160 Å². The van der Waals surface area contributed by atoms with Crippen LogP contribution in [-0.4, -0.2) is 23.0 Å². The topological polar surface area (TPSA) is 64.1 Å². The number of hydrogen-bond acceptors (Lipinski definition) is 5. The third kappa shape index (κ3) is 3.40. The zero-order chi connectivity index (χ0) is 19.5. The lowest BCUT2D eigenvalue weighted by Crippen LogP contribution is -2.02. The van der Waals surface area contributed by atoms with Gasteiger partial charge in [0, 0.05) is 11.1 Å². The Morgan fingerprint density at radius 1 is 0.929 bits per heavy atom. The molecule has 0 bridgehead atoms. The molecule has 0 aliphatic rings. The molecule has 0 atom stereocenters. The Hall–Kier alpha value is -3.80. The second kappa shape index (κ2) is 7.44. The highest BCUT2D eigenvalue weighted by Gasteiger charge is 2.13. The van der Waals surface area contributed by atoms with Crippen molar-refractivity contribution in [3.8, 4) is 11.4 Å². The molecule has 0 aliphatic carbocycles. The van der Waals surface area contributed by atoms with Gasteiger partial charge in [0.05, 0.1) is 23.8 Å². The molecule has 0 amide bonds. The summed E-state index contributed by atoms with van der Waals surface area (Å²) < 4.78 is 19.0. The second-order valence-electron chi connectivity index (χ2n) is 6.09. The predicted molar refractivity (Wildman–Crippen MR) is 106 cm³/mol. The standard InChI is InChI=1S/C22H16FN3O2/c1-28-22(27)14-10-12-15(13-11-14)24-21-17-7-3-5-9-19(17)25-20(26-21)16-6-2-4-8-18(16)23/h2-13H,1H3,(H,24,25,26). The van der Waals surface area contributed by atoms with Crippen molar-refractivity contribution in [2.75, 3.05) is 12.4 Å². The van der Waals surface area contributed by atoms with Crippen molar-refractivity contribution in [3.05, 3.63) is 84.2 Å². The molecule has 0 unspecified atom stereocenters. The number of nitrogens with zero attached hydrogens (tertiary/aromatic N) is 2. The number of para-hydroxylation sites is 1. The van der Waals surface area contributed by atoms with E-state index in [9.17, 15) is 9.18 Å². The molecule has 0 radical (unpaired) electrons. The second-order valence-corrected chi connectivity index (χ2v) is 6.09. The first-order valence-corrected chi connectivity index (χ1v) is 8.63. The Balaban J connectivity index is 1.77. The number of carbonyl (C=O) groups is 1. The molecule has 0 spiro atoms. The van der Waals surface area contributed by atoms with Crippen LogP contribution in [0.25, 0.3) is 22.3 Å². The summed E-state index contributed by atoms with van der Waals surface area (Å²) in [7, 11) is 1.34. The minimum absolute atomic E-state index is 0.297. The van der Waals surface area contributed by atoms with Crippen LogP contribution in [0.1, 0.15) is 10.4 Å². The van der Waals surface area contributed by atoms with E-state index in [-0.39, 0.29) is 5.82 Å². The fourth-order valence-electron chi connectivity index (χ4n) is 2.88. The minimum atomic E-state index is -0.402. The maximum Gasteiger partial charge on any atom is 0.337 e. The number of anilines is 2. The Bertz CT molecular complexity index is 1160. The number of halogens is 1. The summed E-state index contributed by atoms with van der Waals surface area (Å²) >= 11 is 0. The number of rotatable bonds is 4. The van der Waals surface area contributed by atoms with E-state index in [1.807, 2.05) is 24.3 Å². The summed E-state index contributed by atoms with van der Waals surface area (Å²) in [6.45, 7) is 0. The Morgan fingerprint density at radius 2 is 1.64 bits per heavy atom. The SMILES string of the molecule is COC(=O)c1ccc(Nc2nc(-c3ccccc3F)nc3ccccc23)cc1. The van der Waals surface area contributed by atoms with Crippen LogP contribution in [0.5, 0.6) is 0 Å². The van der Waals surface area contributed by atoms with Gasteiger partial charge in [0.15, 0.2) is 5.82 Å². The van der Waals surface area contributed by atoms with Crippen LogP contribution in [0, 0.1) is 5.82 Å². The van der Waals surface area contributed by atoms with E-state index in [1.165, 1.54) is 13.2 Å². The van der Waals surface area contributed by atoms with Crippen molar-refractivity contribution in [2.45, 2.75) is 0 Å². The molecule has 6 heteroatoms. The van der Waals surface area contributed by atoms with E-state index in [0.29, 0.717) is 28.3 Å². The molecule has 0 saturated heterocycles. The summed E-state index contributed by atoms with van der Waals surface area (Å²) in [6.07, 6.45) is 0. The Kier molecular flexibility index (Phi) is 4.68. The van der Waals surface area contributed by atoms with Crippen molar-refractivity contribution in [1.82, 2.24) is 9.97 Å². The van der Waals surface area contributed by atoms with Gasteiger partial charge in [0.2, 0.25) is 0 Å². The van der Waals surface area contributed by atoms with E-state index in [0.717, 1.165) is 11.1 Å². The van der Waals surface area contributed by atoms with Crippen molar-refractivity contribution in [1.29, 1.82) is 0 Å². The molecule has 4 rings (SSSR count). The third-order valence-electron chi connectivity index (χ3n) is 4.29. The molecule has 1 heterocycles. The highest BCUT2D eigenvalue weighted by atomic mass is 19.1. The first-order valence-electron chi connectivity index (χ1n) is 8.63. The van der Waals surface area contributed by atoms with Gasteiger partial charge in [0.25, 0.3) is 0 Å². The minimum Gasteiger partial charge on any atom is -0.465 e. The van der Waals surface area contributed by atoms with Crippen LogP contribution >= 0.6 is 0 Å². The molecule has 3 aromatic carbocycles. The zero-order valence-corrected chi connectivity index (χ0v) is 15.0. The maximum atomic E-state index is 14.2. The van der Waals surface area contributed by atoms with Gasteiger partial charge < -0.3 is 10.1 Å². The molecule has 1 N–H and O–H groups in total. The maximum absolute atomic E-state index is 14.2. The van der Waals surface area contributed by atoms with E-state index in [2.05, 4.69) is 15.3 Å². The summed E-state index contributed by atoms with van der Waals surface area (Å²) in [5, 5.41) is 4.04. The summed E-state index contributed by atoms with van der Waals surface area (Å²) in [6, 6.07) is 20.7. The lowest BCUT2D eigenvalue weighted by molar-refractivity contribution is 0.0601. The molecule has 138 valence electrons. The number of carbonyl (C=O) groups excluding carboxylic acids is 1. The molecule has 0 aliphatic heterocycles. The molecular formula is C22H16FN3O2. The first-order chi connectivity index (χ1) is 13.7. The largest absolute Gasteiger partial charge is 0.465 e. The normalized spacial score (nSPS) is 10.6. The Morgan fingerprint density at radius 3 is 2.39 bits per heavy atom. The van der Waals surface area contributed by atoms with E-state index >= 15 is 0 Å². The number of esters is 1. The molecule has 5 nitrogen and oxygen atoms in total. The molecular weight excluding hydrogens is 357 g/mol. The van der Waals surface area contributed by atoms with Crippen molar-refractivity contribution < 1.29 is 13.9 Å². The van der Waals surface area contributed by atoms with Crippen molar-refractivity contribution in [2.24, 2.45) is 0 Å². The predicted octanol–water partition coefficient (Wildman–Crippen LogP) is 4.97. The van der Waals surface area contributed by atoms with Crippen LogP contribution in [-0.2, 0) is 4.74 Å². The van der Waals surface area contributed by atoms with E-state index in [4.69, 9.17) is 4.74 Å². The fraction of sp³-hybridized carbons (Fsp3) is 0.0455. The number of aromatic nitrogens is 2. The first kappa shape index (κ1) is 17.6. The van der Waals surface area contributed by atoms with Gasteiger partial charge in [-0.25, -0.2) is 19.2 Å². The lowest BCUT2D eigenvalue weighted by Gasteiger charge is -2.12. The number of benzene rings is 3. The smallest absolute Gasteiger partial charge is 0.337 e.